The molecule has 1 aromatic heterocycles. The predicted octanol–water partition coefficient (Wildman–Crippen LogP) is 2.94. The molecule has 23 heavy (non-hydrogen) atoms. The van der Waals surface area contributed by atoms with Crippen LogP contribution in [-0.2, 0) is 4.79 Å². The number of urea groups is 1. The summed E-state index contributed by atoms with van der Waals surface area (Å²) < 4.78 is 2.27. The molecule has 1 aliphatic rings. The molecule has 1 aliphatic carbocycles. The first-order valence-electron chi connectivity index (χ1n) is 8.17. The van der Waals surface area contributed by atoms with Gasteiger partial charge in [-0.25, -0.2) is 9.78 Å². The van der Waals surface area contributed by atoms with Gasteiger partial charge in [-0.15, -0.1) is 0 Å². The van der Waals surface area contributed by atoms with E-state index in [4.69, 9.17) is 0 Å². The molecule has 1 heterocycles. The van der Waals surface area contributed by atoms with Gasteiger partial charge in [-0.1, -0.05) is 24.6 Å². The minimum absolute atomic E-state index is 0.00187. The van der Waals surface area contributed by atoms with Crippen LogP contribution >= 0.6 is 11.8 Å². The van der Waals surface area contributed by atoms with E-state index < -0.39 is 6.03 Å². The van der Waals surface area contributed by atoms with Crippen LogP contribution in [0.4, 0.5) is 4.79 Å². The summed E-state index contributed by atoms with van der Waals surface area (Å²) in [6.07, 6.45) is 4.85. The van der Waals surface area contributed by atoms with Crippen molar-refractivity contribution in [2.45, 2.75) is 70.6 Å². The van der Waals surface area contributed by atoms with Crippen LogP contribution in [0.15, 0.2) is 5.16 Å². The van der Waals surface area contributed by atoms with Crippen LogP contribution in [0.3, 0.4) is 0 Å². The van der Waals surface area contributed by atoms with Gasteiger partial charge in [-0.05, 0) is 40.5 Å². The van der Waals surface area contributed by atoms with E-state index in [0.29, 0.717) is 6.04 Å². The van der Waals surface area contributed by atoms with Gasteiger partial charge in [0.2, 0.25) is 5.91 Å². The molecule has 0 aromatic carbocycles. The third-order valence-corrected chi connectivity index (χ3v) is 5.00. The number of hydrogen-bond acceptors (Lipinski definition) is 4. The van der Waals surface area contributed by atoms with Gasteiger partial charge in [0, 0.05) is 17.8 Å². The number of amides is 3. The van der Waals surface area contributed by atoms with E-state index in [1.807, 2.05) is 20.8 Å². The molecule has 0 saturated heterocycles. The molecule has 0 atom stereocenters. The van der Waals surface area contributed by atoms with Crippen LogP contribution in [0.1, 0.15) is 57.0 Å². The maximum absolute atomic E-state index is 11.9. The molecular weight excluding hydrogens is 312 g/mol. The average molecular weight is 338 g/mol. The Hall–Kier alpha value is -1.50. The normalized spacial score (nSPS) is 15.2. The quantitative estimate of drug-likeness (QED) is 0.809. The highest BCUT2D eigenvalue weighted by atomic mass is 32.2. The van der Waals surface area contributed by atoms with E-state index in [1.165, 1.54) is 43.1 Å². The first kappa shape index (κ1) is 17.8. The Bertz CT molecular complexity index is 577. The number of carbonyl (C=O) groups is 2. The van der Waals surface area contributed by atoms with Crippen molar-refractivity contribution in [3.05, 3.63) is 11.4 Å². The summed E-state index contributed by atoms with van der Waals surface area (Å²) in [5.41, 5.74) is 2.19. The minimum atomic E-state index is -0.447. The second-order valence-electron chi connectivity index (χ2n) is 6.34. The van der Waals surface area contributed by atoms with E-state index in [0.717, 1.165) is 10.9 Å². The molecule has 1 saturated carbocycles. The van der Waals surface area contributed by atoms with Crippen molar-refractivity contribution in [1.82, 2.24) is 20.2 Å². The summed E-state index contributed by atoms with van der Waals surface area (Å²) in [5, 5.41) is 5.87. The highest BCUT2D eigenvalue weighted by molar-refractivity contribution is 7.99. The zero-order chi connectivity index (χ0) is 17.0. The number of carbonyl (C=O) groups excluding carboxylic acids is 2. The number of imidazole rings is 1. The minimum Gasteiger partial charge on any atom is -0.336 e. The van der Waals surface area contributed by atoms with Crippen molar-refractivity contribution >= 4 is 23.7 Å². The van der Waals surface area contributed by atoms with Crippen molar-refractivity contribution < 1.29 is 9.59 Å². The van der Waals surface area contributed by atoms with Crippen LogP contribution in [0.5, 0.6) is 0 Å². The Morgan fingerprint density at radius 3 is 2.57 bits per heavy atom. The van der Waals surface area contributed by atoms with Gasteiger partial charge < -0.3 is 9.88 Å². The van der Waals surface area contributed by atoms with Gasteiger partial charge in [-0.3, -0.25) is 10.1 Å². The average Bonchev–Trinajstić information content (AvgIpc) is 3.05. The van der Waals surface area contributed by atoms with Crippen molar-refractivity contribution in [1.29, 1.82) is 0 Å². The maximum Gasteiger partial charge on any atom is 0.321 e. The predicted molar refractivity (Wildman–Crippen MR) is 91.7 cm³/mol. The fourth-order valence-corrected chi connectivity index (χ4v) is 3.84. The molecule has 6 nitrogen and oxygen atoms in total. The molecule has 0 unspecified atom stereocenters. The van der Waals surface area contributed by atoms with Crippen molar-refractivity contribution in [3.8, 4) is 0 Å². The monoisotopic (exact) mass is 338 g/mol. The number of nitrogens with one attached hydrogen (secondary N) is 2. The first-order valence-corrected chi connectivity index (χ1v) is 9.15. The van der Waals surface area contributed by atoms with Crippen LogP contribution in [0, 0.1) is 13.8 Å². The van der Waals surface area contributed by atoms with Crippen LogP contribution < -0.4 is 10.6 Å². The summed E-state index contributed by atoms with van der Waals surface area (Å²) >= 11 is 1.40. The summed E-state index contributed by atoms with van der Waals surface area (Å²) in [6, 6.07) is 0.0464. The number of nitrogens with zero attached hydrogens (tertiary/aromatic N) is 2. The number of hydrogen-bond donors (Lipinski definition) is 2. The zero-order valence-corrected chi connectivity index (χ0v) is 15.1. The van der Waals surface area contributed by atoms with Crippen LogP contribution in [0.25, 0.3) is 0 Å². The topological polar surface area (TPSA) is 76.0 Å². The number of aromatic nitrogens is 2. The Balaban J connectivity index is 1.96. The molecule has 0 aliphatic heterocycles. The van der Waals surface area contributed by atoms with E-state index in [2.05, 4.69) is 27.1 Å². The third kappa shape index (κ3) is 4.73. The summed E-state index contributed by atoms with van der Waals surface area (Å²) in [6.45, 7) is 7.79. The first-order chi connectivity index (χ1) is 10.9. The largest absolute Gasteiger partial charge is 0.336 e. The highest BCUT2D eigenvalue weighted by Crippen LogP contribution is 2.35. The second kappa shape index (κ2) is 7.86. The number of aryl methyl sites for hydroxylation is 1. The van der Waals surface area contributed by atoms with Crippen LogP contribution in [-0.4, -0.2) is 33.3 Å². The van der Waals surface area contributed by atoms with Gasteiger partial charge in [-0.2, -0.15) is 0 Å². The Morgan fingerprint density at radius 1 is 1.30 bits per heavy atom. The molecule has 1 fully saturated rings. The molecule has 7 heteroatoms. The van der Waals surface area contributed by atoms with Crippen molar-refractivity contribution in [2.24, 2.45) is 0 Å². The number of rotatable bonds is 5. The fourth-order valence-electron chi connectivity index (χ4n) is 2.88. The molecular formula is C16H26N4O2S. The second-order valence-corrected chi connectivity index (χ2v) is 7.28. The Morgan fingerprint density at radius 2 is 1.96 bits per heavy atom. The molecule has 1 aromatic rings. The van der Waals surface area contributed by atoms with Gasteiger partial charge >= 0.3 is 6.03 Å². The summed E-state index contributed by atoms with van der Waals surface area (Å²) in [5.74, 6) is -0.113. The molecule has 0 bridgehead atoms. The van der Waals surface area contributed by atoms with Gasteiger partial charge in [0.1, 0.15) is 0 Å². The molecule has 2 N–H and O–H groups in total. The number of imide groups is 1. The van der Waals surface area contributed by atoms with Crippen molar-refractivity contribution in [2.75, 3.05) is 5.75 Å². The zero-order valence-electron chi connectivity index (χ0n) is 14.3. The van der Waals surface area contributed by atoms with Crippen molar-refractivity contribution in [3.63, 3.8) is 0 Å². The summed E-state index contributed by atoms with van der Waals surface area (Å²) in [4.78, 5) is 28.0. The standard InChI is InChI=1S/C16H26N4O2S/c1-10(2)17-15(22)19-14(21)9-23-16-18-11(3)12(4)20(16)13-7-5-6-8-13/h10,13H,5-9H2,1-4H3,(H2,17,19,21,22). The maximum atomic E-state index is 11.9. The van der Waals surface area contributed by atoms with Gasteiger partial charge in [0.15, 0.2) is 5.16 Å². The lowest BCUT2D eigenvalue weighted by molar-refractivity contribution is -0.117. The Kier molecular flexibility index (Phi) is 6.10. The van der Waals surface area contributed by atoms with E-state index in [1.54, 1.807) is 0 Å². The summed E-state index contributed by atoms with van der Waals surface area (Å²) in [7, 11) is 0. The van der Waals surface area contributed by atoms with Gasteiger partial charge in [0.25, 0.3) is 0 Å². The van der Waals surface area contributed by atoms with Crippen LogP contribution in [0.2, 0.25) is 0 Å². The SMILES string of the molecule is Cc1nc(SCC(=O)NC(=O)NC(C)C)n(C2CCCC2)c1C. The molecule has 2 rings (SSSR count). The fraction of sp³-hybridized carbons (Fsp3) is 0.688. The van der Waals surface area contributed by atoms with Gasteiger partial charge in [0.05, 0.1) is 11.4 Å². The molecule has 0 spiro atoms. The molecule has 3 amide bonds. The third-order valence-electron chi connectivity index (χ3n) is 4.05. The van der Waals surface area contributed by atoms with E-state index in [-0.39, 0.29) is 17.7 Å². The number of thioether (sulfide) groups is 1. The Labute approximate surface area is 141 Å². The lowest BCUT2D eigenvalue weighted by Gasteiger charge is -2.16. The van der Waals surface area contributed by atoms with E-state index >= 15 is 0 Å². The highest BCUT2D eigenvalue weighted by Gasteiger charge is 2.23. The smallest absolute Gasteiger partial charge is 0.321 e. The lowest BCUT2D eigenvalue weighted by atomic mass is 10.2. The molecule has 128 valence electrons. The molecule has 0 radical (unpaired) electrons. The van der Waals surface area contributed by atoms with E-state index in [9.17, 15) is 9.59 Å². The lowest BCUT2D eigenvalue weighted by Crippen LogP contribution is -2.43.